The predicted octanol–water partition coefficient (Wildman–Crippen LogP) is 2.51. The smallest absolute Gasteiger partial charge is 0.270 e. The van der Waals surface area contributed by atoms with Crippen LogP contribution in [0, 0.1) is 6.92 Å². The molecule has 0 saturated carbocycles. The van der Waals surface area contributed by atoms with Gasteiger partial charge in [-0.1, -0.05) is 12.1 Å². The van der Waals surface area contributed by atoms with Crippen molar-refractivity contribution in [2.75, 3.05) is 25.6 Å². The molecule has 5 heteroatoms. The monoisotopic (exact) mass is 285 g/mol. The van der Waals surface area contributed by atoms with Crippen LogP contribution in [0.2, 0.25) is 0 Å². The van der Waals surface area contributed by atoms with Gasteiger partial charge in [0.25, 0.3) is 5.91 Å². The maximum Gasteiger partial charge on any atom is 0.270 e. The summed E-state index contributed by atoms with van der Waals surface area (Å²) in [5.41, 5.74) is 3.36. The zero-order valence-corrected chi connectivity index (χ0v) is 12.2. The van der Waals surface area contributed by atoms with Gasteiger partial charge >= 0.3 is 0 Å². The lowest BCUT2D eigenvalue weighted by Crippen LogP contribution is -2.27. The number of carbonyl (C=O) groups is 1. The standard InChI is InChI=1S/C16H19N3O2/c1-12-4-3-5-13(10-12)19-14-6-7-17-15(11-14)16(20)18-8-9-21-2/h3-7,10-11H,8-9H2,1-2H3,(H,17,19)(H,18,20). The number of amides is 1. The Labute approximate surface area is 124 Å². The number of hydrogen-bond donors (Lipinski definition) is 2. The molecule has 0 aliphatic carbocycles. The molecule has 2 N–H and O–H groups in total. The van der Waals surface area contributed by atoms with Gasteiger partial charge in [0.15, 0.2) is 0 Å². The number of methoxy groups -OCH3 is 1. The summed E-state index contributed by atoms with van der Waals surface area (Å²) >= 11 is 0. The molecule has 1 aromatic carbocycles. The van der Waals surface area contributed by atoms with E-state index in [2.05, 4.69) is 15.6 Å². The molecule has 0 aliphatic heterocycles. The average Bonchev–Trinajstić information content (AvgIpc) is 2.48. The van der Waals surface area contributed by atoms with Gasteiger partial charge in [0.1, 0.15) is 5.69 Å². The number of nitrogens with zero attached hydrogens (tertiary/aromatic N) is 1. The highest BCUT2D eigenvalue weighted by Crippen LogP contribution is 2.17. The van der Waals surface area contributed by atoms with E-state index in [4.69, 9.17) is 4.74 Å². The van der Waals surface area contributed by atoms with E-state index in [-0.39, 0.29) is 5.91 Å². The lowest BCUT2D eigenvalue weighted by molar-refractivity contribution is 0.0932. The van der Waals surface area contributed by atoms with E-state index in [1.54, 1.807) is 19.4 Å². The maximum atomic E-state index is 11.9. The molecule has 0 unspecified atom stereocenters. The van der Waals surface area contributed by atoms with Crippen LogP contribution >= 0.6 is 0 Å². The fourth-order valence-corrected chi connectivity index (χ4v) is 1.88. The Balaban J connectivity index is 2.05. The first-order valence-electron chi connectivity index (χ1n) is 6.76. The van der Waals surface area contributed by atoms with Crippen molar-refractivity contribution in [2.45, 2.75) is 6.92 Å². The highest BCUT2D eigenvalue weighted by Gasteiger charge is 2.07. The van der Waals surface area contributed by atoms with Crippen LogP contribution in [0.3, 0.4) is 0 Å². The topological polar surface area (TPSA) is 63.2 Å². The number of pyridine rings is 1. The van der Waals surface area contributed by atoms with E-state index in [1.807, 2.05) is 37.3 Å². The number of aryl methyl sites for hydroxylation is 1. The predicted molar refractivity (Wildman–Crippen MR) is 82.9 cm³/mol. The SMILES string of the molecule is COCCNC(=O)c1cc(Nc2cccc(C)c2)ccn1. The molecule has 0 atom stereocenters. The molecule has 1 amide bonds. The molecule has 2 rings (SSSR count). The normalized spacial score (nSPS) is 10.2. The lowest BCUT2D eigenvalue weighted by atomic mass is 10.2. The van der Waals surface area contributed by atoms with Gasteiger partial charge in [0.05, 0.1) is 6.61 Å². The minimum atomic E-state index is -0.208. The van der Waals surface area contributed by atoms with Gasteiger partial charge in [0.2, 0.25) is 0 Å². The van der Waals surface area contributed by atoms with Crippen molar-refractivity contribution in [3.05, 3.63) is 53.9 Å². The second kappa shape index (κ2) is 7.40. The van der Waals surface area contributed by atoms with Crippen LogP contribution in [-0.4, -0.2) is 31.2 Å². The second-order valence-electron chi connectivity index (χ2n) is 4.67. The fraction of sp³-hybridized carbons (Fsp3) is 0.250. The molecule has 21 heavy (non-hydrogen) atoms. The number of ether oxygens (including phenoxy) is 1. The first-order chi connectivity index (χ1) is 10.2. The number of rotatable bonds is 6. The number of carbonyl (C=O) groups excluding carboxylic acids is 1. The number of hydrogen-bond acceptors (Lipinski definition) is 4. The zero-order chi connectivity index (χ0) is 15.1. The van der Waals surface area contributed by atoms with Crippen LogP contribution in [0.25, 0.3) is 0 Å². The molecular formula is C16H19N3O2. The fourth-order valence-electron chi connectivity index (χ4n) is 1.88. The first-order valence-corrected chi connectivity index (χ1v) is 6.76. The average molecular weight is 285 g/mol. The Bertz CT molecular complexity index is 614. The molecule has 1 heterocycles. The third kappa shape index (κ3) is 4.57. The molecule has 0 radical (unpaired) electrons. The highest BCUT2D eigenvalue weighted by atomic mass is 16.5. The number of benzene rings is 1. The van der Waals surface area contributed by atoms with E-state index in [1.165, 1.54) is 5.56 Å². The van der Waals surface area contributed by atoms with E-state index >= 15 is 0 Å². The summed E-state index contributed by atoms with van der Waals surface area (Å²) in [6.45, 7) is 2.98. The molecule has 0 fully saturated rings. The van der Waals surface area contributed by atoms with Crippen LogP contribution in [0.1, 0.15) is 16.1 Å². The van der Waals surface area contributed by atoms with E-state index in [0.29, 0.717) is 18.8 Å². The van der Waals surface area contributed by atoms with Crippen molar-refractivity contribution in [1.29, 1.82) is 0 Å². The summed E-state index contributed by atoms with van der Waals surface area (Å²) in [6, 6.07) is 11.6. The summed E-state index contributed by atoms with van der Waals surface area (Å²) in [5.74, 6) is -0.208. The van der Waals surface area contributed by atoms with E-state index in [9.17, 15) is 4.79 Å². The Kier molecular flexibility index (Phi) is 5.29. The van der Waals surface area contributed by atoms with Crippen LogP contribution in [-0.2, 0) is 4.74 Å². The van der Waals surface area contributed by atoms with Gasteiger partial charge in [-0.25, -0.2) is 0 Å². The minimum absolute atomic E-state index is 0.208. The van der Waals surface area contributed by atoms with Gasteiger partial charge in [-0.05, 0) is 36.8 Å². The van der Waals surface area contributed by atoms with Crippen molar-refractivity contribution in [2.24, 2.45) is 0 Å². The van der Waals surface area contributed by atoms with E-state index < -0.39 is 0 Å². The molecule has 0 spiro atoms. The molecule has 110 valence electrons. The van der Waals surface area contributed by atoms with Crippen molar-refractivity contribution in [1.82, 2.24) is 10.3 Å². The van der Waals surface area contributed by atoms with Crippen LogP contribution in [0.4, 0.5) is 11.4 Å². The third-order valence-electron chi connectivity index (χ3n) is 2.89. The van der Waals surface area contributed by atoms with Gasteiger partial charge in [-0.3, -0.25) is 9.78 Å². The Morgan fingerprint density at radius 1 is 1.24 bits per heavy atom. The Morgan fingerprint density at radius 2 is 2.05 bits per heavy atom. The summed E-state index contributed by atoms with van der Waals surface area (Å²) < 4.78 is 4.89. The maximum absolute atomic E-state index is 11.9. The largest absolute Gasteiger partial charge is 0.383 e. The lowest BCUT2D eigenvalue weighted by Gasteiger charge is -2.09. The summed E-state index contributed by atoms with van der Waals surface area (Å²) in [4.78, 5) is 16.0. The summed E-state index contributed by atoms with van der Waals surface area (Å²) in [6.07, 6.45) is 1.61. The Hall–Kier alpha value is -2.40. The molecule has 0 bridgehead atoms. The quantitative estimate of drug-likeness (QED) is 0.801. The zero-order valence-electron chi connectivity index (χ0n) is 12.2. The van der Waals surface area contributed by atoms with Crippen LogP contribution in [0.15, 0.2) is 42.6 Å². The molecule has 0 saturated heterocycles. The van der Waals surface area contributed by atoms with Gasteiger partial charge in [-0.15, -0.1) is 0 Å². The van der Waals surface area contributed by atoms with Crippen LogP contribution < -0.4 is 10.6 Å². The van der Waals surface area contributed by atoms with Crippen molar-refractivity contribution < 1.29 is 9.53 Å². The van der Waals surface area contributed by atoms with Crippen LogP contribution in [0.5, 0.6) is 0 Å². The van der Waals surface area contributed by atoms with Crippen molar-refractivity contribution in [3.8, 4) is 0 Å². The molecular weight excluding hydrogens is 266 g/mol. The molecule has 2 aromatic rings. The summed E-state index contributed by atoms with van der Waals surface area (Å²) in [5, 5.41) is 6.01. The first kappa shape index (κ1) is 15.0. The van der Waals surface area contributed by atoms with Gasteiger partial charge in [-0.2, -0.15) is 0 Å². The molecule has 5 nitrogen and oxygen atoms in total. The summed E-state index contributed by atoms with van der Waals surface area (Å²) in [7, 11) is 1.59. The highest BCUT2D eigenvalue weighted by molar-refractivity contribution is 5.93. The van der Waals surface area contributed by atoms with Gasteiger partial charge in [0, 0.05) is 31.2 Å². The Morgan fingerprint density at radius 3 is 2.81 bits per heavy atom. The van der Waals surface area contributed by atoms with E-state index in [0.717, 1.165) is 11.4 Å². The van der Waals surface area contributed by atoms with Gasteiger partial charge < -0.3 is 15.4 Å². The second-order valence-corrected chi connectivity index (χ2v) is 4.67. The number of aromatic nitrogens is 1. The number of anilines is 2. The molecule has 0 aliphatic rings. The van der Waals surface area contributed by atoms with Crippen molar-refractivity contribution >= 4 is 17.3 Å². The number of nitrogens with one attached hydrogen (secondary N) is 2. The van der Waals surface area contributed by atoms with Crippen molar-refractivity contribution in [3.63, 3.8) is 0 Å². The minimum Gasteiger partial charge on any atom is -0.383 e. The molecule has 1 aromatic heterocycles. The third-order valence-corrected chi connectivity index (χ3v) is 2.89.